The average molecular weight is 463 g/mol. The molecule has 2 N–H and O–H groups in total. The van der Waals surface area contributed by atoms with Gasteiger partial charge < -0.3 is 9.47 Å². The van der Waals surface area contributed by atoms with E-state index in [0.29, 0.717) is 37.6 Å². The van der Waals surface area contributed by atoms with Gasteiger partial charge in [0.25, 0.3) is 5.91 Å². The molecule has 0 bridgehead atoms. The number of sulfonamides is 1. The highest BCUT2D eigenvalue weighted by Crippen LogP contribution is 2.30. The number of amides is 2. The molecule has 2 aliphatic heterocycles. The molecule has 9 nitrogen and oxygen atoms in total. The predicted molar refractivity (Wildman–Crippen MR) is 111 cm³/mol. The van der Waals surface area contributed by atoms with Crippen LogP contribution in [0, 0.1) is 11.7 Å². The molecular formula is C21H22FN3O6S. The third-order valence-electron chi connectivity index (χ3n) is 5.31. The molecule has 0 radical (unpaired) electrons. The quantitative estimate of drug-likeness (QED) is 0.664. The molecule has 1 atom stereocenters. The van der Waals surface area contributed by atoms with Crippen LogP contribution in [-0.2, 0) is 14.8 Å². The highest BCUT2D eigenvalue weighted by molar-refractivity contribution is 7.89. The number of rotatable bonds is 4. The van der Waals surface area contributed by atoms with Gasteiger partial charge in [0.05, 0.1) is 10.8 Å². The van der Waals surface area contributed by atoms with Gasteiger partial charge in [-0.25, -0.2) is 12.8 Å². The van der Waals surface area contributed by atoms with Gasteiger partial charge in [0, 0.05) is 18.7 Å². The van der Waals surface area contributed by atoms with Crippen LogP contribution in [0.1, 0.15) is 23.2 Å². The smallest absolute Gasteiger partial charge is 0.269 e. The summed E-state index contributed by atoms with van der Waals surface area (Å²) < 4.78 is 50.8. The maximum Gasteiger partial charge on any atom is 0.269 e. The summed E-state index contributed by atoms with van der Waals surface area (Å²) in [4.78, 5) is 24.9. The Bertz CT molecular complexity index is 1120. The Morgan fingerprint density at radius 1 is 1.00 bits per heavy atom. The molecule has 170 valence electrons. The number of nitrogens with zero attached hydrogens (tertiary/aromatic N) is 1. The molecule has 1 fully saturated rings. The van der Waals surface area contributed by atoms with Crippen LogP contribution in [0.15, 0.2) is 47.4 Å². The molecule has 4 rings (SSSR count). The fraction of sp³-hybridized carbons (Fsp3) is 0.333. The number of hydrogen-bond donors (Lipinski definition) is 2. The van der Waals surface area contributed by atoms with Crippen LogP contribution >= 0.6 is 0 Å². The molecule has 1 unspecified atom stereocenters. The molecule has 2 aliphatic rings. The summed E-state index contributed by atoms with van der Waals surface area (Å²) >= 11 is 0. The van der Waals surface area contributed by atoms with E-state index in [1.165, 1.54) is 22.5 Å². The Balaban J connectivity index is 1.36. The van der Waals surface area contributed by atoms with Crippen molar-refractivity contribution in [3.63, 3.8) is 0 Å². The van der Waals surface area contributed by atoms with Gasteiger partial charge in [-0.15, -0.1) is 0 Å². The van der Waals surface area contributed by atoms with E-state index >= 15 is 0 Å². The second-order valence-corrected chi connectivity index (χ2v) is 9.40. The summed E-state index contributed by atoms with van der Waals surface area (Å²) in [6, 6.07) is 9.23. The molecule has 11 heteroatoms. The van der Waals surface area contributed by atoms with E-state index in [1.54, 1.807) is 12.1 Å². The number of nitrogens with one attached hydrogen (secondary N) is 2. The van der Waals surface area contributed by atoms with Gasteiger partial charge in [0.15, 0.2) is 11.5 Å². The van der Waals surface area contributed by atoms with Crippen molar-refractivity contribution < 1.29 is 31.9 Å². The Kier molecular flexibility index (Phi) is 6.28. The zero-order chi connectivity index (χ0) is 22.7. The van der Waals surface area contributed by atoms with E-state index in [2.05, 4.69) is 10.9 Å². The van der Waals surface area contributed by atoms with E-state index in [0.717, 1.165) is 12.1 Å². The van der Waals surface area contributed by atoms with Crippen LogP contribution in [0.3, 0.4) is 0 Å². The maximum absolute atomic E-state index is 13.1. The van der Waals surface area contributed by atoms with E-state index in [1.807, 2.05) is 0 Å². The highest BCUT2D eigenvalue weighted by Gasteiger charge is 2.33. The summed E-state index contributed by atoms with van der Waals surface area (Å²) in [5.74, 6) is -1.21. The lowest BCUT2D eigenvalue weighted by molar-refractivity contribution is -0.126. The minimum Gasteiger partial charge on any atom is -0.486 e. The molecule has 32 heavy (non-hydrogen) atoms. The first-order valence-electron chi connectivity index (χ1n) is 10.1. The molecule has 0 saturated carbocycles. The number of halogens is 1. The second kappa shape index (κ2) is 9.13. The lowest BCUT2D eigenvalue weighted by Crippen LogP contribution is -2.50. The van der Waals surface area contributed by atoms with Gasteiger partial charge in [-0.1, -0.05) is 0 Å². The highest BCUT2D eigenvalue weighted by atomic mass is 32.2. The molecule has 0 aliphatic carbocycles. The van der Waals surface area contributed by atoms with Crippen molar-refractivity contribution >= 4 is 21.8 Å². The predicted octanol–water partition coefficient (Wildman–Crippen LogP) is 1.46. The van der Waals surface area contributed by atoms with Crippen molar-refractivity contribution in [2.75, 3.05) is 26.3 Å². The fourth-order valence-electron chi connectivity index (χ4n) is 3.61. The van der Waals surface area contributed by atoms with Crippen molar-refractivity contribution in [1.82, 2.24) is 15.2 Å². The zero-order valence-corrected chi connectivity index (χ0v) is 17.9. The number of piperidine rings is 1. The molecule has 0 spiro atoms. The molecule has 0 aromatic heterocycles. The summed E-state index contributed by atoms with van der Waals surface area (Å²) in [7, 11) is -3.85. The number of ether oxygens (including phenoxy) is 2. The third kappa shape index (κ3) is 4.68. The number of hydrazine groups is 1. The van der Waals surface area contributed by atoms with E-state index in [9.17, 15) is 22.4 Å². The minimum atomic E-state index is -3.85. The zero-order valence-electron chi connectivity index (χ0n) is 17.0. The van der Waals surface area contributed by atoms with Crippen molar-refractivity contribution in [1.29, 1.82) is 0 Å². The summed E-state index contributed by atoms with van der Waals surface area (Å²) in [6.45, 7) is 1.04. The molecule has 1 saturated heterocycles. The normalized spacial score (nSPS) is 18.6. The Hall–Kier alpha value is -3.18. The van der Waals surface area contributed by atoms with Crippen LogP contribution in [0.2, 0.25) is 0 Å². The van der Waals surface area contributed by atoms with Crippen LogP contribution in [-0.4, -0.2) is 50.8 Å². The molecule has 2 heterocycles. The first-order valence-corrected chi connectivity index (χ1v) is 11.5. The van der Waals surface area contributed by atoms with Crippen molar-refractivity contribution in [2.24, 2.45) is 5.92 Å². The largest absolute Gasteiger partial charge is 0.486 e. The Morgan fingerprint density at radius 2 is 1.72 bits per heavy atom. The average Bonchev–Trinajstić information content (AvgIpc) is 2.82. The van der Waals surface area contributed by atoms with E-state index in [4.69, 9.17) is 9.47 Å². The van der Waals surface area contributed by atoms with Crippen molar-refractivity contribution in [3.8, 4) is 11.5 Å². The summed E-state index contributed by atoms with van der Waals surface area (Å²) in [5, 5.41) is 0. The maximum atomic E-state index is 13.1. The topological polar surface area (TPSA) is 114 Å². The fourth-order valence-corrected chi connectivity index (χ4v) is 5.13. The van der Waals surface area contributed by atoms with Crippen LogP contribution in [0.5, 0.6) is 11.5 Å². The van der Waals surface area contributed by atoms with Gasteiger partial charge >= 0.3 is 0 Å². The molecule has 2 amide bonds. The molecular weight excluding hydrogens is 441 g/mol. The second-order valence-electron chi connectivity index (χ2n) is 7.46. The van der Waals surface area contributed by atoms with E-state index < -0.39 is 33.6 Å². The van der Waals surface area contributed by atoms with Gasteiger partial charge in [-0.2, -0.15) is 4.31 Å². The number of benzene rings is 2. The van der Waals surface area contributed by atoms with Gasteiger partial charge in [-0.3, -0.25) is 20.4 Å². The number of carbonyl (C=O) groups excluding carboxylic acids is 2. The van der Waals surface area contributed by atoms with Gasteiger partial charge in [0.2, 0.25) is 15.9 Å². The standard InChI is InChI=1S/C21H22FN3O6S/c22-16-4-6-17(7-5-16)32(28,29)25-9-1-2-15(13-25)21(27)24-23-20(26)14-3-8-18-19(12-14)31-11-10-30-18/h3-8,12,15H,1-2,9-11,13H2,(H,23,26)(H,24,27). The van der Waals surface area contributed by atoms with Crippen LogP contribution in [0.4, 0.5) is 4.39 Å². The summed E-state index contributed by atoms with van der Waals surface area (Å²) in [5.41, 5.74) is 4.99. The van der Waals surface area contributed by atoms with Gasteiger partial charge in [0.1, 0.15) is 19.0 Å². The first-order chi connectivity index (χ1) is 15.3. The number of fused-ring (bicyclic) bond motifs is 1. The lowest BCUT2D eigenvalue weighted by Gasteiger charge is -2.31. The number of carbonyl (C=O) groups is 2. The lowest BCUT2D eigenvalue weighted by atomic mass is 9.99. The SMILES string of the molecule is O=C(NNC(=O)C1CCCN(S(=O)(=O)c2ccc(F)cc2)C1)c1ccc2c(c1)OCCO2. The van der Waals surface area contributed by atoms with Crippen LogP contribution < -0.4 is 20.3 Å². The third-order valence-corrected chi connectivity index (χ3v) is 7.19. The van der Waals surface area contributed by atoms with Crippen molar-refractivity contribution in [2.45, 2.75) is 17.7 Å². The number of hydrogen-bond acceptors (Lipinski definition) is 6. The molecule has 2 aromatic carbocycles. The summed E-state index contributed by atoms with van der Waals surface area (Å²) in [6.07, 6.45) is 0.954. The minimum absolute atomic E-state index is 0.0353. The Morgan fingerprint density at radius 3 is 2.47 bits per heavy atom. The molecule has 2 aromatic rings. The monoisotopic (exact) mass is 463 g/mol. The Labute approximate surface area is 184 Å². The van der Waals surface area contributed by atoms with E-state index in [-0.39, 0.29) is 23.5 Å². The van der Waals surface area contributed by atoms with Crippen molar-refractivity contribution in [3.05, 3.63) is 53.8 Å². The first kappa shape index (κ1) is 22.0. The van der Waals surface area contributed by atoms with Crippen LogP contribution in [0.25, 0.3) is 0 Å². The van der Waals surface area contributed by atoms with Gasteiger partial charge in [-0.05, 0) is 55.3 Å².